The van der Waals surface area contributed by atoms with Crippen molar-refractivity contribution in [2.24, 2.45) is 0 Å². The van der Waals surface area contributed by atoms with Gasteiger partial charge in [-0.2, -0.15) is 13.2 Å². The van der Waals surface area contributed by atoms with Gasteiger partial charge in [-0.25, -0.2) is 8.42 Å². The number of pyridine rings is 1. The number of aromatic amines is 1. The second-order valence-electron chi connectivity index (χ2n) is 7.27. The minimum absolute atomic E-state index is 0.123. The van der Waals surface area contributed by atoms with E-state index in [1.165, 1.54) is 48.3 Å². The van der Waals surface area contributed by atoms with Gasteiger partial charge in [-0.05, 0) is 47.5 Å². The summed E-state index contributed by atoms with van der Waals surface area (Å²) in [5, 5.41) is 0. The van der Waals surface area contributed by atoms with Crippen molar-refractivity contribution in [3.8, 4) is 11.3 Å². The Balaban J connectivity index is 1.80. The predicted octanol–water partition coefficient (Wildman–Crippen LogP) is 3.74. The number of nitrogens with one attached hydrogen (secondary N) is 1. The minimum Gasteiger partial charge on any atom is -0.337 e. The number of alkyl halides is 3. The van der Waals surface area contributed by atoms with Crippen LogP contribution in [0.1, 0.15) is 21.5 Å². The molecular formula is C22H19F3N2O4S. The molecule has 0 bridgehead atoms. The van der Waals surface area contributed by atoms with E-state index < -0.39 is 33.0 Å². The maximum Gasteiger partial charge on any atom is 0.416 e. The van der Waals surface area contributed by atoms with Crippen LogP contribution in [0.2, 0.25) is 0 Å². The third kappa shape index (κ3) is 5.25. The van der Waals surface area contributed by atoms with E-state index in [1.54, 1.807) is 12.1 Å². The molecule has 1 aromatic heterocycles. The largest absolute Gasteiger partial charge is 0.416 e. The van der Waals surface area contributed by atoms with Gasteiger partial charge in [0.25, 0.3) is 11.5 Å². The van der Waals surface area contributed by atoms with Crippen molar-refractivity contribution in [2.75, 3.05) is 13.3 Å². The molecule has 0 radical (unpaired) electrons. The first-order valence-corrected chi connectivity index (χ1v) is 11.2. The first-order chi connectivity index (χ1) is 14.9. The molecule has 3 aromatic rings. The van der Waals surface area contributed by atoms with Gasteiger partial charge in [0, 0.05) is 25.5 Å². The van der Waals surface area contributed by atoms with Crippen LogP contribution >= 0.6 is 0 Å². The van der Waals surface area contributed by atoms with Crippen LogP contribution in [0.15, 0.2) is 70.4 Å². The number of sulfone groups is 1. The van der Waals surface area contributed by atoms with Gasteiger partial charge in [-0.3, -0.25) is 9.59 Å². The highest BCUT2D eigenvalue weighted by Crippen LogP contribution is 2.31. The number of halogens is 3. The van der Waals surface area contributed by atoms with Gasteiger partial charge in [-0.15, -0.1) is 0 Å². The number of hydrogen-bond acceptors (Lipinski definition) is 4. The van der Waals surface area contributed by atoms with Crippen LogP contribution in [0.4, 0.5) is 13.2 Å². The number of carbonyl (C=O) groups excluding carboxylic acids is 1. The van der Waals surface area contributed by atoms with Crippen LogP contribution in [0.5, 0.6) is 0 Å². The van der Waals surface area contributed by atoms with Gasteiger partial charge >= 0.3 is 6.18 Å². The summed E-state index contributed by atoms with van der Waals surface area (Å²) in [6, 6.07) is 13.1. The zero-order chi connectivity index (χ0) is 23.7. The number of rotatable bonds is 5. The summed E-state index contributed by atoms with van der Waals surface area (Å²) < 4.78 is 61.9. The van der Waals surface area contributed by atoms with Gasteiger partial charge in [0.2, 0.25) is 0 Å². The summed E-state index contributed by atoms with van der Waals surface area (Å²) in [6.07, 6.45) is -3.43. The van der Waals surface area contributed by atoms with Crippen LogP contribution in [-0.2, 0) is 22.6 Å². The van der Waals surface area contributed by atoms with Crippen LogP contribution in [0.25, 0.3) is 11.3 Å². The van der Waals surface area contributed by atoms with Crippen LogP contribution in [0.3, 0.4) is 0 Å². The normalized spacial score (nSPS) is 11.9. The molecular weight excluding hydrogens is 445 g/mol. The molecule has 1 heterocycles. The maximum absolute atomic E-state index is 12.9. The molecule has 0 aliphatic carbocycles. The fourth-order valence-corrected chi connectivity index (χ4v) is 3.70. The molecule has 0 aliphatic rings. The average molecular weight is 464 g/mol. The Morgan fingerprint density at radius 3 is 2.25 bits per heavy atom. The lowest BCUT2D eigenvalue weighted by atomic mass is 10.1. The van der Waals surface area contributed by atoms with Gasteiger partial charge in [0.05, 0.1) is 10.5 Å². The summed E-state index contributed by atoms with van der Waals surface area (Å²) in [6.45, 7) is 0.123. The maximum atomic E-state index is 12.9. The highest BCUT2D eigenvalue weighted by atomic mass is 32.2. The molecule has 0 unspecified atom stereocenters. The van der Waals surface area contributed by atoms with E-state index in [4.69, 9.17) is 0 Å². The quantitative estimate of drug-likeness (QED) is 0.623. The van der Waals surface area contributed by atoms with Crippen molar-refractivity contribution in [1.82, 2.24) is 9.88 Å². The molecule has 0 saturated heterocycles. The van der Waals surface area contributed by atoms with Crippen LogP contribution in [-0.4, -0.2) is 37.5 Å². The first-order valence-electron chi connectivity index (χ1n) is 9.31. The first kappa shape index (κ1) is 23.3. The number of carbonyl (C=O) groups is 1. The number of H-pyrrole nitrogens is 1. The van der Waals surface area contributed by atoms with Gasteiger partial charge in [-0.1, -0.05) is 24.3 Å². The Kier molecular flexibility index (Phi) is 6.27. The number of nitrogens with zero attached hydrogens (tertiary/aromatic N) is 1. The summed E-state index contributed by atoms with van der Waals surface area (Å²) in [5.74, 6) is -0.589. The van der Waals surface area contributed by atoms with E-state index in [0.29, 0.717) is 5.56 Å². The molecule has 0 aliphatic heterocycles. The topological polar surface area (TPSA) is 87.3 Å². The molecule has 32 heavy (non-hydrogen) atoms. The van der Waals surface area contributed by atoms with E-state index >= 15 is 0 Å². The van der Waals surface area contributed by atoms with Crippen LogP contribution in [0, 0.1) is 0 Å². The SMILES string of the molecule is CN(Cc1ccc(S(C)(=O)=O)cc1)C(=O)c1ccc(-c2cccc(C(F)(F)F)c2)[nH]c1=O. The second kappa shape index (κ2) is 8.62. The molecule has 0 fully saturated rings. The number of benzene rings is 2. The molecule has 1 N–H and O–H groups in total. The molecule has 6 nitrogen and oxygen atoms in total. The summed E-state index contributed by atoms with van der Waals surface area (Å²) in [7, 11) is -1.86. The molecule has 168 valence electrons. The fourth-order valence-electron chi connectivity index (χ4n) is 3.07. The van der Waals surface area contributed by atoms with Crippen molar-refractivity contribution >= 4 is 15.7 Å². The Morgan fingerprint density at radius 1 is 1.03 bits per heavy atom. The van der Waals surface area contributed by atoms with Crippen LogP contribution < -0.4 is 5.56 Å². The molecule has 0 saturated carbocycles. The van der Waals surface area contributed by atoms with Gasteiger partial charge < -0.3 is 9.88 Å². The van der Waals surface area contributed by atoms with E-state index in [9.17, 15) is 31.2 Å². The average Bonchev–Trinajstić information content (AvgIpc) is 2.72. The Labute approximate surface area is 182 Å². The smallest absolute Gasteiger partial charge is 0.337 e. The standard InChI is InChI=1S/C22H19F3N2O4S/c1-27(13-14-6-8-17(9-7-14)32(2,30)31)21(29)18-10-11-19(26-20(18)28)15-4-3-5-16(12-15)22(23,24)25/h3-12H,13H2,1-2H3,(H,26,28). The third-order valence-electron chi connectivity index (χ3n) is 4.76. The number of amides is 1. The summed E-state index contributed by atoms with van der Waals surface area (Å²) >= 11 is 0. The Morgan fingerprint density at radius 2 is 1.69 bits per heavy atom. The van der Waals surface area contributed by atoms with E-state index in [0.717, 1.165) is 18.4 Å². The molecule has 10 heteroatoms. The fraction of sp³-hybridized carbons (Fsp3) is 0.182. The van der Waals surface area contributed by atoms with Crippen molar-refractivity contribution < 1.29 is 26.4 Å². The van der Waals surface area contributed by atoms with E-state index in [2.05, 4.69) is 4.98 Å². The van der Waals surface area contributed by atoms with Gasteiger partial charge in [0.1, 0.15) is 5.56 Å². The number of aromatic nitrogens is 1. The van der Waals surface area contributed by atoms with Crippen molar-refractivity contribution in [3.63, 3.8) is 0 Å². The monoisotopic (exact) mass is 464 g/mol. The highest BCUT2D eigenvalue weighted by Gasteiger charge is 2.30. The molecule has 3 rings (SSSR count). The predicted molar refractivity (Wildman–Crippen MR) is 113 cm³/mol. The minimum atomic E-state index is -4.52. The third-order valence-corrected chi connectivity index (χ3v) is 5.89. The Hall–Kier alpha value is -3.40. The van der Waals surface area contributed by atoms with E-state index in [-0.39, 0.29) is 28.3 Å². The molecule has 1 amide bonds. The van der Waals surface area contributed by atoms with Crippen molar-refractivity contribution in [3.05, 3.63) is 87.7 Å². The van der Waals surface area contributed by atoms with Crippen molar-refractivity contribution in [1.29, 1.82) is 0 Å². The van der Waals surface area contributed by atoms with E-state index in [1.807, 2.05) is 0 Å². The lowest BCUT2D eigenvalue weighted by Crippen LogP contribution is -2.31. The van der Waals surface area contributed by atoms with Gasteiger partial charge in [0.15, 0.2) is 9.84 Å². The lowest BCUT2D eigenvalue weighted by Gasteiger charge is -2.17. The highest BCUT2D eigenvalue weighted by molar-refractivity contribution is 7.90. The second-order valence-corrected chi connectivity index (χ2v) is 9.29. The lowest BCUT2D eigenvalue weighted by molar-refractivity contribution is -0.137. The molecule has 0 spiro atoms. The van der Waals surface area contributed by atoms with Crippen molar-refractivity contribution in [2.45, 2.75) is 17.6 Å². The molecule has 2 aromatic carbocycles. The molecule has 0 atom stereocenters. The zero-order valence-corrected chi connectivity index (χ0v) is 17.9. The number of hydrogen-bond donors (Lipinski definition) is 1. The summed E-state index contributed by atoms with van der Waals surface area (Å²) in [5.41, 5.74) is -0.782. The Bertz CT molecular complexity index is 1310. The summed E-state index contributed by atoms with van der Waals surface area (Å²) in [4.78, 5) is 29.0. The zero-order valence-electron chi connectivity index (χ0n) is 17.1.